The fraction of sp³-hybridized carbons (Fsp3) is 0.214. The summed E-state index contributed by atoms with van der Waals surface area (Å²) in [6.07, 6.45) is 1.56. The Hall–Kier alpha value is -2.43. The van der Waals surface area contributed by atoms with E-state index in [1.165, 1.54) is 7.11 Å². The van der Waals surface area contributed by atoms with Crippen molar-refractivity contribution in [3.63, 3.8) is 0 Å². The number of benzene rings is 1. The maximum atomic E-state index is 12.0. The van der Waals surface area contributed by atoms with Gasteiger partial charge < -0.3 is 19.2 Å². The normalized spacial score (nSPS) is 10.0. The van der Waals surface area contributed by atoms with Crippen LogP contribution in [0.4, 0.5) is 0 Å². The molecule has 1 N–H and O–H groups in total. The number of rotatable bonds is 5. The van der Waals surface area contributed by atoms with Crippen LogP contribution in [0.1, 0.15) is 16.1 Å². The molecule has 0 aliphatic heterocycles. The lowest BCUT2D eigenvalue weighted by molar-refractivity contribution is 0.0945. The third-order valence-corrected chi connectivity index (χ3v) is 2.66. The third-order valence-electron chi connectivity index (χ3n) is 2.66. The summed E-state index contributed by atoms with van der Waals surface area (Å²) >= 11 is 0. The molecule has 0 saturated heterocycles. The van der Waals surface area contributed by atoms with Crippen molar-refractivity contribution in [2.75, 3.05) is 14.2 Å². The first-order valence-electron chi connectivity index (χ1n) is 5.77. The van der Waals surface area contributed by atoms with Crippen LogP contribution in [-0.4, -0.2) is 20.1 Å². The second-order valence-electron chi connectivity index (χ2n) is 3.83. The Morgan fingerprint density at radius 3 is 2.74 bits per heavy atom. The number of carbonyl (C=O) groups excluding carboxylic acids is 1. The van der Waals surface area contributed by atoms with E-state index in [1.807, 2.05) is 0 Å². The molecule has 0 bridgehead atoms. The summed E-state index contributed by atoms with van der Waals surface area (Å²) in [7, 11) is 3.07. The molecule has 0 saturated carbocycles. The number of hydrogen-bond acceptors (Lipinski definition) is 4. The largest absolute Gasteiger partial charge is 0.497 e. The summed E-state index contributed by atoms with van der Waals surface area (Å²) in [5.74, 6) is 1.58. The lowest BCUT2D eigenvalue weighted by Crippen LogP contribution is -2.23. The molecule has 5 nitrogen and oxygen atoms in total. The number of ether oxygens (including phenoxy) is 2. The number of furan rings is 1. The second kappa shape index (κ2) is 5.95. The summed E-state index contributed by atoms with van der Waals surface area (Å²) in [5, 5.41) is 2.76. The van der Waals surface area contributed by atoms with Gasteiger partial charge in [0.25, 0.3) is 5.91 Å². The van der Waals surface area contributed by atoms with E-state index < -0.39 is 0 Å². The maximum Gasteiger partial charge on any atom is 0.255 e. The third kappa shape index (κ3) is 3.07. The van der Waals surface area contributed by atoms with Crippen LogP contribution in [0.15, 0.2) is 41.0 Å². The fourth-order valence-corrected chi connectivity index (χ4v) is 1.66. The lowest BCUT2D eigenvalue weighted by atomic mass is 10.1. The predicted molar refractivity (Wildman–Crippen MR) is 69.4 cm³/mol. The zero-order chi connectivity index (χ0) is 13.7. The van der Waals surface area contributed by atoms with Crippen molar-refractivity contribution in [3.8, 4) is 11.5 Å². The molecule has 19 heavy (non-hydrogen) atoms. The van der Waals surface area contributed by atoms with Crippen LogP contribution < -0.4 is 14.8 Å². The molecule has 1 heterocycles. The van der Waals surface area contributed by atoms with E-state index in [0.717, 1.165) is 0 Å². The van der Waals surface area contributed by atoms with Crippen LogP contribution in [0.5, 0.6) is 11.5 Å². The van der Waals surface area contributed by atoms with Crippen LogP contribution in [0.25, 0.3) is 0 Å². The van der Waals surface area contributed by atoms with E-state index in [0.29, 0.717) is 29.4 Å². The molecule has 2 aromatic rings. The van der Waals surface area contributed by atoms with Crippen LogP contribution in [-0.2, 0) is 6.54 Å². The van der Waals surface area contributed by atoms with Gasteiger partial charge in [-0.3, -0.25) is 4.79 Å². The van der Waals surface area contributed by atoms with Crippen molar-refractivity contribution in [3.05, 3.63) is 47.9 Å². The van der Waals surface area contributed by atoms with Gasteiger partial charge in [0.2, 0.25) is 0 Å². The van der Waals surface area contributed by atoms with Crippen LogP contribution in [0.2, 0.25) is 0 Å². The Kier molecular flexibility index (Phi) is 4.07. The van der Waals surface area contributed by atoms with E-state index >= 15 is 0 Å². The molecule has 5 heteroatoms. The monoisotopic (exact) mass is 261 g/mol. The molecule has 0 aliphatic rings. The van der Waals surface area contributed by atoms with Gasteiger partial charge in [0.05, 0.1) is 32.6 Å². The van der Waals surface area contributed by atoms with Gasteiger partial charge in [-0.15, -0.1) is 0 Å². The molecule has 1 amide bonds. The summed E-state index contributed by atoms with van der Waals surface area (Å²) < 4.78 is 15.4. The first-order chi connectivity index (χ1) is 9.24. The molecule has 0 unspecified atom stereocenters. The van der Waals surface area contributed by atoms with E-state index in [1.54, 1.807) is 43.7 Å². The SMILES string of the molecule is COc1ccc(C(=O)NCc2ccco2)c(OC)c1. The molecular weight excluding hydrogens is 246 g/mol. The Balaban J connectivity index is 2.09. The summed E-state index contributed by atoms with van der Waals surface area (Å²) in [5.41, 5.74) is 0.454. The van der Waals surface area contributed by atoms with Crippen molar-refractivity contribution in [1.82, 2.24) is 5.32 Å². The minimum Gasteiger partial charge on any atom is -0.497 e. The molecular formula is C14H15NO4. The minimum atomic E-state index is -0.226. The standard InChI is InChI=1S/C14H15NO4/c1-17-10-5-6-12(13(8-10)18-2)14(16)15-9-11-4-3-7-19-11/h3-8H,9H2,1-2H3,(H,15,16). The molecule has 0 fully saturated rings. The molecule has 100 valence electrons. The highest BCUT2D eigenvalue weighted by molar-refractivity contribution is 5.97. The van der Waals surface area contributed by atoms with Gasteiger partial charge in [0.15, 0.2) is 0 Å². The quantitative estimate of drug-likeness (QED) is 0.896. The average Bonchev–Trinajstić information content (AvgIpc) is 2.97. The fourth-order valence-electron chi connectivity index (χ4n) is 1.66. The number of carbonyl (C=O) groups is 1. The Labute approximate surface area is 111 Å². The molecule has 0 spiro atoms. The molecule has 0 radical (unpaired) electrons. The Morgan fingerprint density at radius 1 is 1.26 bits per heavy atom. The zero-order valence-electron chi connectivity index (χ0n) is 10.8. The molecule has 0 atom stereocenters. The number of amides is 1. The van der Waals surface area contributed by atoms with Gasteiger partial charge in [0.1, 0.15) is 17.3 Å². The summed E-state index contributed by atoms with van der Waals surface area (Å²) in [6.45, 7) is 0.334. The number of methoxy groups -OCH3 is 2. The van der Waals surface area contributed by atoms with E-state index in [2.05, 4.69) is 5.32 Å². The van der Waals surface area contributed by atoms with Crippen molar-refractivity contribution in [1.29, 1.82) is 0 Å². The zero-order valence-corrected chi connectivity index (χ0v) is 10.8. The highest BCUT2D eigenvalue weighted by Crippen LogP contribution is 2.24. The summed E-state index contributed by atoms with van der Waals surface area (Å²) in [6, 6.07) is 8.61. The highest BCUT2D eigenvalue weighted by atomic mass is 16.5. The van der Waals surface area contributed by atoms with Crippen LogP contribution in [0.3, 0.4) is 0 Å². The van der Waals surface area contributed by atoms with Crippen molar-refractivity contribution in [2.24, 2.45) is 0 Å². The van der Waals surface area contributed by atoms with Crippen LogP contribution in [0, 0.1) is 0 Å². The lowest BCUT2D eigenvalue weighted by Gasteiger charge is -2.10. The van der Waals surface area contributed by atoms with Gasteiger partial charge in [-0.25, -0.2) is 0 Å². The Morgan fingerprint density at radius 2 is 2.11 bits per heavy atom. The van der Waals surface area contributed by atoms with Gasteiger partial charge >= 0.3 is 0 Å². The number of hydrogen-bond donors (Lipinski definition) is 1. The smallest absolute Gasteiger partial charge is 0.255 e. The van der Waals surface area contributed by atoms with Crippen LogP contribution >= 0.6 is 0 Å². The van der Waals surface area contributed by atoms with E-state index in [-0.39, 0.29) is 5.91 Å². The molecule has 2 rings (SSSR count). The van der Waals surface area contributed by atoms with E-state index in [4.69, 9.17) is 13.9 Å². The maximum absolute atomic E-state index is 12.0. The Bertz CT molecular complexity index is 549. The number of nitrogens with one attached hydrogen (secondary N) is 1. The van der Waals surface area contributed by atoms with Gasteiger partial charge in [-0.1, -0.05) is 0 Å². The first-order valence-corrected chi connectivity index (χ1v) is 5.77. The molecule has 0 aliphatic carbocycles. The second-order valence-corrected chi connectivity index (χ2v) is 3.83. The minimum absolute atomic E-state index is 0.226. The summed E-state index contributed by atoms with van der Waals surface area (Å²) in [4.78, 5) is 12.0. The molecule has 1 aromatic carbocycles. The van der Waals surface area contributed by atoms with Crippen molar-refractivity contribution < 1.29 is 18.7 Å². The van der Waals surface area contributed by atoms with Gasteiger partial charge in [-0.2, -0.15) is 0 Å². The van der Waals surface area contributed by atoms with E-state index in [9.17, 15) is 4.79 Å². The van der Waals surface area contributed by atoms with Crippen molar-refractivity contribution >= 4 is 5.91 Å². The first kappa shape index (κ1) is 13.0. The predicted octanol–water partition coefficient (Wildman–Crippen LogP) is 2.23. The average molecular weight is 261 g/mol. The molecule has 1 aromatic heterocycles. The van der Waals surface area contributed by atoms with Gasteiger partial charge in [-0.05, 0) is 24.3 Å². The van der Waals surface area contributed by atoms with Crippen molar-refractivity contribution in [2.45, 2.75) is 6.54 Å². The topological polar surface area (TPSA) is 60.7 Å². The highest BCUT2D eigenvalue weighted by Gasteiger charge is 2.13. The van der Waals surface area contributed by atoms with Gasteiger partial charge in [0, 0.05) is 6.07 Å².